The van der Waals surface area contributed by atoms with Crippen LogP contribution in [0.5, 0.6) is 0 Å². The van der Waals surface area contributed by atoms with Gasteiger partial charge < -0.3 is 0 Å². The maximum absolute atomic E-state index is 12.2. The molecular weight excluding hydrogens is 411 g/mol. The van der Waals surface area contributed by atoms with Crippen LogP contribution in [-0.2, 0) is 10.0 Å². The molecule has 0 radical (unpaired) electrons. The van der Waals surface area contributed by atoms with Crippen molar-refractivity contribution in [2.75, 3.05) is 19.6 Å². The van der Waals surface area contributed by atoms with E-state index in [0.717, 1.165) is 29.5 Å². The highest BCUT2D eigenvalue weighted by molar-refractivity contribution is 14.1. The van der Waals surface area contributed by atoms with Gasteiger partial charge in [-0.3, -0.25) is 4.90 Å². The summed E-state index contributed by atoms with van der Waals surface area (Å²) in [5, 5.41) is 0. The zero-order valence-electron chi connectivity index (χ0n) is 11.4. The lowest BCUT2D eigenvalue weighted by Gasteiger charge is -2.22. The van der Waals surface area contributed by atoms with Gasteiger partial charge in [-0.05, 0) is 72.8 Å². The molecule has 1 aromatic rings. The largest absolute Gasteiger partial charge is 0.299 e. The van der Waals surface area contributed by atoms with Crippen LogP contribution in [0.25, 0.3) is 0 Å². The minimum absolute atomic E-state index is 0. The van der Waals surface area contributed by atoms with Gasteiger partial charge in [-0.25, -0.2) is 13.1 Å². The summed E-state index contributed by atoms with van der Waals surface area (Å²) in [6, 6.07) is 7.25. The van der Waals surface area contributed by atoms with Crippen molar-refractivity contribution >= 4 is 45.0 Å². The van der Waals surface area contributed by atoms with Crippen molar-refractivity contribution in [1.82, 2.24) is 9.62 Å². The van der Waals surface area contributed by atoms with E-state index in [0.29, 0.717) is 17.5 Å². The van der Waals surface area contributed by atoms with E-state index in [4.69, 9.17) is 0 Å². The molecule has 0 aromatic heterocycles. The first kappa shape index (κ1) is 18.2. The molecule has 1 atom stereocenters. The van der Waals surface area contributed by atoms with E-state index in [-0.39, 0.29) is 12.4 Å². The second-order valence-corrected chi connectivity index (χ2v) is 7.74. The summed E-state index contributed by atoms with van der Waals surface area (Å²) in [6.45, 7) is 4.68. The fourth-order valence-corrected chi connectivity index (χ4v) is 3.88. The Balaban J connectivity index is 0.00000200. The lowest BCUT2D eigenvalue weighted by atomic mass is 10.2. The highest BCUT2D eigenvalue weighted by Crippen LogP contribution is 2.17. The second-order valence-electron chi connectivity index (χ2n) is 4.73. The Hall–Kier alpha value is 0.110. The topological polar surface area (TPSA) is 49.4 Å². The smallest absolute Gasteiger partial charge is 0.240 e. The van der Waals surface area contributed by atoms with Gasteiger partial charge in [0.25, 0.3) is 0 Å². The molecule has 1 heterocycles. The van der Waals surface area contributed by atoms with Gasteiger partial charge in [0.1, 0.15) is 0 Å². The number of sulfonamides is 1. The molecule has 1 aliphatic rings. The number of hydrogen-bond acceptors (Lipinski definition) is 3. The molecular formula is C13H20ClIN2O2S. The van der Waals surface area contributed by atoms with Crippen molar-refractivity contribution in [3.8, 4) is 0 Å². The van der Waals surface area contributed by atoms with Gasteiger partial charge in [0, 0.05) is 16.2 Å². The van der Waals surface area contributed by atoms with E-state index in [2.05, 4.69) is 39.1 Å². The van der Waals surface area contributed by atoms with E-state index < -0.39 is 10.0 Å². The SMILES string of the molecule is CCN1CCCC1CNS(=O)(=O)c1ccc(I)cc1.Cl. The molecule has 0 spiro atoms. The molecule has 114 valence electrons. The van der Waals surface area contributed by atoms with Crippen molar-refractivity contribution in [3.63, 3.8) is 0 Å². The van der Waals surface area contributed by atoms with Crippen molar-refractivity contribution < 1.29 is 8.42 Å². The molecule has 0 amide bonds. The summed E-state index contributed by atoms with van der Waals surface area (Å²) in [4.78, 5) is 2.67. The number of benzene rings is 1. The van der Waals surface area contributed by atoms with Crippen LogP contribution in [0.3, 0.4) is 0 Å². The highest BCUT2D eigenvalue weighted by atomic mass is 127. The number of nitrogens with zero attached hydrogens (tertiary/aromatic N) is 1. The van der Waals surface area contributed by atoms with Crippen molar-refractivity contribution in [2.24, 2.45) is 0 Å². The predicted octanol–water partition coefficient (Wildman–Crippen LogP) is 2.48. The molecule has 20 heavy (non-hydrogen) atoms. The molecule has 2 rings (SSSR count). The van der Waals surface area contributed by atoms with Crippen LogP contribution >= 0.6 is 35.0 Å². The molecule has 1 N–H and O–H groups in total. The van der Waals surface area contributed by atoms with E-state index in [1.165, 1.54) is 0 Å². The Morgan fingerprint density at radius 3 is 2.60 bits per heavy atom. The molecule has 1 aromatic carbocycles. The summed E-state index contributed by atoms with van der Waals surface area (Å²) >= 11 is 2.16. The minimum Gasteiger partial charge on any atom is -0.299 e. The average Bonchev–Trinajstić information content (AvgIpc) is 2.84. The van der Waals surface area contributed by atoms with Crippen molar-refractivity contribution in [1.29, 1.82) is 0 Å². The number of likely N-dealkylation sites (tertiary alicyclic amines) is 1. The summed E-state index contributed by atoms with van der Waals surface area (Å²) in [5.41, 5.74) is 0. The first-order valence-electron chi connectivity index (χ1n) is 6.52. The molecule has 1 aliphatic heterocycles. The summed E-state index contributed by atoms with van der Waals surface area (Å²) < 4.78 is 28.1. The number of halogens is 2. The molecule has 1 fully saturated rings. The van der Waals surface area contributed by atoms with E-state index in [1.807, 2.05) is 12.1 Å². The van der Waals surface area contributed by atoms with Crippen molar-refractivity contribution in [3.05, 3.63) is 27.8 Å². The van der Waals surface area contributed by atoms with E-state index in [9.17, 15) is 8.42 Å². The van der Waals surface area contributed by atoms with E-state index in [1.54, 1.807) is 12.1 Å². The van der Waals surface area contributed by atoms with Crippen LogP contribution in [0.1, 0.15) is 19.8 Å². The zero-order valence-corrected chi connectivity index (χ0v) is 15.2. The Morgan fingerprint density at radius 2 is 2.00 bits per heavy atom. The number of likely N-dealkylation sites (N-methyl/N-ethyl adjacent to an activating group) is 1. The minimum atomic E-state index is -3.38. The lowest BCUT2D eigenvalue weighted by molar-refractivity contribution is 0.268. The Morgan fingerprint density at radius 1 is 1.35 bits per heavy atom. The van der Waals surface area contributed by atoms with Crippen LogP contribution < -0.4 is 4.72 Å². The lowest BCUT2D eigenvalue weighted by Crippen LogP contribution is -2.39. The van der Waals surface area contributed by atoms with Crippen LogP contribution in [0, 0.1) is 3.57 Å². The van der Waals surface area contributed by atoms with Crippen LogP contribution in [0.15, 0.2) is 29.2 Å². The van der Waals surface area contributed by atoms with Crippen LogP contribution in [0.4, 0.5) is 0 Å². The number of rotatable bonds is 5. The second kappa shape index (κ2) is 7.93. The molecule has 0 bridgehead atoms. The van der Waals surface area contributed by atoms with Crippen molar-refractivity contribution in [2.45, 2.75) is 30.7 Å². The zero-order chi connectivity index (χ0) is 13.9. The number of nitrogens with one attached hydrogen (secondary N) is 1. The van der Waals surface area contributed by atoms with Crippen LogP contribution in [0.2, 0.25) is 0 Å². The third-order valence-electron chi connectivity index (χ3n) is 3.54. The molecule has 7 heteroatoms. The van der Waals surface area contributed by atoms with Gasteiger partial charge in [-0.2, -0.15) is 0 Å². The summed E-state index contributed by atoms with van der Waals surface area (Å²) in [5.74, 6) is 0. The van der Waals surface area contributed by atoms with Gasteiger partial charge >= 0.3 is 0 Å². The molecule has 1 unspecified atom stereocenters. The third-order valence-corrected chi connectivity index (χ3v) is 5.70. The fraction of sp³-hybridized carbons (Fsp3) is 0.538. The summed E-state index contributed by atoms with van der Waals surface area (Å²) in [6.07, 6.45) is 2.23. The standard InChI is InChI=1S/C13H19IN2O2S.ClH/c1-2-16-9-3-4-12(16)10-15-19(17,18)13-7-5-11(14)6-8-13;/h5-8,12,15H,2-4,9-10H2,1H3;1H. The van der Waals surface area contributed by atoms with Crippen LogP contribution in [-0.4, -0.2) is 39.0 Å². The monoisotopic (exact) mass is 430 g/mol. The van der Waals surface area contributed by atoms with Gasteiger partial charge in [0.2, 0.25) is 10.0 Å². The van der Waals surface area contributed by atoms with Gasteiger partial charge in [0.15, 0.2) is 0 Å². The third kappa shape index (κ3) is 4.56. The van der Waals surface area contributed by atoms with E-state index >= 15 is 0 Å². The predicted molar refractivity (Wildman–Crippen MR) is 91.9 cm³/mol. The Bertz CT molecular complexity index is 522. The number of hydrogen-bond donors (Lipinski definition) is 1. The van der Waals surface area contributed by atoms with Gasteiger partial charge in [-0.15, -0.1) is 12.4 Å². The normalized spacial score (nSPS) is 19.8. The molecule has 4 nitrogen and oxygen atoms in total. The van der Waals surface area contributed by atoms with Gasteiger partial charge in [-0.1, -0.05) is 6.92 Å². The Kier molecular flexibility index (Phi) is 7.20. The first-order valence-corrected chi connectivity index (χ1v) is 9.08. The molecule has 0 aliphatic carbocycles. The molecule has 0 saturated carbocycles. The summed E-state index contributed by atoms with van der Waals surface area (Å²) in [7, 11) is -3.38. The quantitative estimate of drug-likeness (QED) is 0.730. The first-order chi connectivity index (χ1) is 9.03. The highest BCUT2D eigenvalue weighted by Gasteiger charge is 2.24. The van der Waals surface area contributed by atoms with Gasteiger partial charge in [0.05, 0.1) is 4.90 Å². The fourth-order valence-electron chi connectivity index (χ4n) is 2.45. The maximum Gasteiger partial charge on any atom is 0.240 e. The molecule has 1 saturated heterocycles. The Labute approximate surface area is 140 Å². The average molecular weight is 431 g/mol. The maximum atomic E-state index is 12.2.